The van der Waals surface area contributed by atoms with Crippen LogP contribution in [0.3, 0.4) is 0 Å². The molecular formula is C15H19Cl2NO3. The summed E-state index contributed by atoms with van der Waals surface area (Å²) in [7, 11) is 0. The third-order valence-electron chi connectivity index (χ3n) is 3.08. The molecule has 0 unspecified atom stereocenters. The van der Waals surface area contributed by atoms with Gasteiger partial charge in [0.2, 0.25) is 5.91 Å². The third-order valence-corrected chi connectivity index (χ3v) is 3.67. The highest BCUT2D eigenvalue weighted by Crippen LogP contribution is 2.22. The van der Waals surface area contributed by atoms with Gasteiger partial charge in [-0.3, -0.25) is 9.59 Å². The maximum Gasteiger partial charge on any atom is 0.303 e. The summed E-state index contributed by atoms with van der Waals surface area (Å²) in [5.41, 5.74) is 0.318. The predicted octanol–water partition coefficient (Wildman–Crippen LogP) is 3.69. The van der Waals surface area contributed by atoms with E-state index in [2.05, 4.69) is 5.32 Å². The molecule has 1 aromatic carbocycles. The second kappa shape index (κ2) is 7.66. The van der Waals surface area contributed by atoms with Crippen LogP contribution in [0.5, 0.6) is 0 Å². The number of rotatable bonds is 7. The van der Waals surface area contributed by atoms with Gasteiger partial charge in [-0.15, -0.1) is 0 Å². The van der Waals surface area contributed by atoms with Crippen molar-refractivity contribution in [3.05, 3.63) is 33.8 Å². The third kappa shape index (κ3) is 6.82. The first kappa shape index (κ1) is 17.8. The Morgan fingerprint density at radius 1 is 1.24 bits per heavy atom. The number of halogens is 2. The number of aryl methyl sites for hydroxylation is 1. The number of nitrogens with one attached hydrogen (secondary N) is 1. The molecule has 0 saturated heterocycles. The normalized spacial score (nSPS) is 11.2. The molecule has 0 aliphatic heterocycles. The quantitative estimate of drug-likeness (QED) is 0.800. The first-order valence-electron chi connectivity index (χ1n) is 6.66. The fourth-order valence-electron chi connectivity index (χ4n) is 1.89. The average molecular weight is 332 g/mol. The Labute approximate surface area is 134 Å². The maximum atomic E-state index is 11.9. The van der Waals surface area contributed by atoms with Gasteiger partial charge in [0.15, 0.2) is 0 Å². The number of carbonyl (C=O) groups is 2. The Hall–Kier alpha value is -1.26. The molecule has 0 saturated carbocycles. The van der Waals surface area contributed by atoms with Crippen LogP contribution in [0.4, 0.5) is 0 Å². The molecule has 0 fully saturated rings. The molecule has 21 heavy (non-hydrogen) atoms. The van der Waals surface area contributed by atoms with Gasteiger partial charge in [-0.25, -0.2) is 0 Å². The summed E-state index contributed by atoms with van der Waals surface area (Å²) in [5.74, 6) is -0.998. The first-order valence-corrected chi connectivity index (χ1v) is 7.42. The van der Waals surface area contributed by atoms with Crippen molar-refractivity contribution >= 4 is 35.1 Å². The van der Waals surface area contributed by atoms with Crippen molar-refractivity contribution in [2.75, 3.05) is 0 Å². The lowest BCUT2D eigenvalue weighted by atomic mass is 9.98. The molecule has 0 aliphatic rings. The van der Waals surface area contributed by atoms with E-state index in [1.165, 1.54) is 0 Å². The van der Waals surface area contributed by atoms with Crippen molar-refractivity contribution in [1.82, 2.24) is 5.32 Å². The Morgan fingerprint density at radius 3 is 2.48 bits per heavy atom. The minimum Gasteiger partial charge on any atom is -0.481 e. The highest BCUT2D eigenvalue weighted by Gasteiger charge is 2.21. The van der Waals surface area contributed by atoms with Gasteiger partial charge in [0.25, 0.3) is 0 Å². The van der Waals surface area contributed by atoms with Crippen LogP contribution in [0.15, 0.2) is 18.2 Å². The number of hydrogen-bond acceptors (Lipinski definition) is 2. The van der Waals surface area contributed by atoms with Gasteiger partial charge in [0.1, 0.15) is 0 Å². The second-order valence-electron chi connectivity index (χ2n) is 5.56. The summed E-state index contributed by atoms with van der Waals surface area (Å²) in [6.45, 7) is 3.62. The van der Waals surface area contributed by atoms with Crippen LogP contribution in [0.25, 0.3) is 0 Å². The van der Waals surface area contributed by atoms with E-state index in [1.54, 1.807) is 18.2 Å². The minimum atomic E-state index is -0.870. The van der Waals surface area contributed by atoms with Crippen LogP contribution in [0.1, 0.15) is 38.7 Å². The first-order chi connectivity index (χ1) is 9.69. The number of carboxylic acid groups (broad SMARTS) is 1. The smallest absolute Gasteiger partial charge is 0.303 e. The molecule has 0 heterocycles. The van der Waals surface area contributed by atoms with Gasteiger partial charge in [-0.05, 0) is 44.4 Å². The van der Waals surface area contributed by atoms with Crippen LogP contribution in [0, 0.1) is 0 Å². The van der Waals surface area contributed by atoms with E-state index in [1.807, 2.05) is 13.8 Å². The summed E-state index contributed by atoms with van der Waals surface area (Å²) in [6, 6.07) is 5.18. The zero-order chi connectivity index (χ0) is 16.0. The summed E-state index contributed by atoms with van der Waals surface area (Å²) in [4.78, 5) is 22.5. The number of amides is 1. The fourth-order valence-corrected chi connectivity index (χ4v) is 2.40. The molecule has 6 heteroatoms. The zero-order valence-electron chi connectivity index (χ0n) is 12.1. The Bertz CT molecular complexity index is 530. The van der Waals surface area contributed by atoms with Crippen molar-refractivity contribution in [2.45, 2.75) is 45.1 Å². The van der Waals surface area contributed by atoms with Gasteiger partial charge in [-0.2, -0.15) is 0 Å². The highest BCUT2D eigenvalue weighted by molar-refractivity contribution is 6.35. The van der Waals surface area contributed by atoms with Gasteiger partial charge in [-0.1, -0.05) is 29.3 Å². The van der Waals surface area contributed by atoms with E-state index in [4.69, 9.17) is 28.3 Å². The van der Waals surface area contributed by atoms with E-state index in [0.717, 1.165) is 5.56 Å². The van der Waals surface area contributed by atoms with E-state index in [-0.39, 0.29) is 18.7 Å². The van der Waals surface area contributed by atoms with E-state index >= 15 is 0 Å². The maximum absolute atomic E-state index is 11.9. The molecule has 1 amide bonds. The van der Waals surface area contributed by atoms with Crippen LogP contribution in [-0.4, -0.2) is 22.5 Å². The second-order valence-corrected chi connectivity index (χ2v) is 6.41. The number of carbonyl (C=O) groups excluding carboxylic acids is 1. The molecule has 0 atom stereocenters. The molecular weight excluding hydrogens is 313 g/mol. The lowest BCUT2D eigenvalue weighted by Gasteiger charge is -2.25. The largest absolute Gasteiger partial charge is 0.481 e. The molecule has 116 valence electrons. The molecule has 0 aromatic heterocycles. The zero-order valence-corrected chi connectivity index (χ0v) is 13.6. The van der Waals surface area contributed by atoms with E-state index in [9.17, 15) is 9.59 Å². The van der Waals surface area contributed by atoms with E-state index in [0.29, 0.717) is 22.9 Å². The molecule has 1 aromatic rings. The summed E-state index contributed by atoms with van der Waals surface area (Å²) in [5, 5.41) is 12.6. The van der Waals surface area contributed by atoms with Crippen molar-refractivity contribution < 1.29 is 14.7 Å². The van der Waals surface area contributed by atoms with Gasteiger partial charge in [0.05, 0.1) is 0 Å². The van der Waals surface area contributed by atoms with Crippen molar-refractivity contribution in [2.24, 2.45) is 0 Å². The SMILES string of the molecule is CC(C)(CCC(=O)O)NC(=O)CCc1ccc(Cl)cc1Cl. The minimum absolute atomic E-state index is 0.0241. The molecule has 1 rings (SSSR count). The Kier molecular flexibility index (Phi) is 6.49. The predicted molar refractivity (Wildman–Crippen MR) is 83.9 cm³/mol. The molecule has 0 aliphatic carbocycles. The molecule has 0 bridgehead atoms. The monoisotopic (exact) mass is 331 g/mol. The Balaban J connectivity index is 2.48. The van der Waals surface area contributed by atoms with Gasteiger partial charge < -0.3 is 10.4 Å². The summed E-state index contributed by atoms with van der Waals surface area (Å²) >= 11 is 11.9. The molecule has 0 spiro atoms. The lowest BCUT2D eigenvalue weighted by Crippen LogP contribution is -2.43. The van der Waals surface area contributed by atoms with Crippen molar-refractivity contribution in [3.63, 3.8) is 0 Å². The van der Waals surface area contributed by atoms with Gasteiger partial charge in [0, 0.05) is 28.4 Å². The number of benzene rings is 1. The number of carboxylic acids is 1. The lowest BCUT2D eigenvalue weighted by molar-refractivity contribution is -0.137. The van der Waals surface area contributed by atoms with Crippen molar-refractivity contribution in [1.29, 1.82) is 0 Å². The topological polar surface area (TPSA) is 66.4 Å². The van der Waals surface area contributed by atoms with Gasteiger partial charge >= 0.3 is 5.97 Å². The van der Waals surface area contributed by atoms with Crippen molar-refractivity contribution in [3.8, 4) is 0 Å². The summed E-state index contributed by atoms with van der Waals surface area (Å²) in [6.07, 6.45) is 1.21. The van der Waals surface area contributed by atoms with Crippen LogP contribution >= 0.6 is 23.2 Å². The van der Waals surface area contributed by atoms with Crippen LogP contribution < -0.4 is 5.32 Å². The standard InChI is InChI=1S/C15H19Cl2NO3/c1-15(2,8-7-14(20)21)18-13(19)6-4-10-3-5-11(16)9-12(10)17/h3,5,9H,4,6-8H2,1-2H3,(H,18,19)(H,20,21). The fraction of sp³-hybridized carbons (Fsp3) is 0.467. The molecule has 0 radical (unpaired) electrons. The summed E-state index contributed by atoms with van der Waals surface area (Å²) < 4.78 is 0. The van der Waals surface area contributed by atoms with Crippen LogP contribution in [-0.2, 0) is 16.0 Å². The average Bonchev–Trinajstić information content (AvgIpc) is 2.35. The molecule has 4 nitrogen and oxygen atoms in total. The van der Waals surface area contributed by atoms with Crippen LogP contribution in [0.2, 0.25) is 10.0 Å². The van der Waals surface area contributed by atoms with E-state index < -0.39 is 11.5 Å². The molecule has 2 N–H and O–H groups in total. The Morgan fingerprint density at radius 2 is 1.90 bits per heavy atom. The number of aliphatic carboxylic acids is 1. The number of hydrogen-bond donors (Lipinski definition) is 2. The highest BCUT2D eigenvalue weighted by atomic mass is 35.5.